The molecule has 1 rings (SSSR count). The lowest BCUT2D eigenvalue weighted by Gasteiger charge is -2.02. The molecule has 0 aromatic carbocycles. The van der Waals surface area contributed by atoms with E-state index in [4.69, 9.17) is 14.9 Å². The number of ether oxygens (including phenoxy) is 1. The first-order valence-corrected chi connectivity index (χ1v) is 4.48. The summed E-state index contributed by atoms with van der Waals surface area (Å²) in [4.78, 5) is 14.3. The van der Waals surface area contributed by atoms with E-state index in [2.05, 4.69) is 10.1 Å². The van der Waals surface area contributed by atoms with E-state index >= 15 is 0 Å². The molecule has 1 heterocycles. The number of carbonyl (C=O) groups is 1. The van der Waals surface area contributed by atoms with Crippen LogP contribution in [0.1, 0.15) is 16.4 Å². The normalized spacial score (nSPS) is 10.5. The maximum absolute atomic E-state index is 10.5. The first-order chi connectivity index (χ1) is 7.15. The highest BCUT2D eigenvalue weighted by Crippen LogP contribution is 1.97. The summed E-state index contributed by atoms with van der Waals surface area (Å²) in [7, 11) is 0. The van der Waals surface area contributed by atoms with Crippen molar-refractivity contribution in [1.82, 2.24) is 14.8 Å². The second-order valence-electron chi connectivity index (χ2n) is 2.85. The number of nitrogens with zero attached hydrogens (tertiary/aromatic N) is 3. The zero-order valence-corrected chi connectivity index (χ0v) is 8.38. The molecule has 2 N–H and O–H groups in total. The lowest BCUT2D eigenvalue weighted by Crippen LogP contribution is -2.11. The molecule has 0 fully saturated rings. The monoisotopic (exact) mass is 215 g/mol. The summed E-state index contributed by atoms with van der Waals surface area (Å²) in [5.74, 6) is -0.831. The Hall–Kier alpha value is -1.47. The zero-order chi connectivity index (χ0) is 11.3. The quantitative estimate of drug-likeness (QED) is 0.608. The van der Waals surface area contributed by atoms with Crippen molar-refractivity contribution in [2.24, 2.45) is 0 Å². The number of aryl methyl sites for hydroxylation is 1. The maximum atomic E-state index is 10.5. The molecule has 0 saturated heterocycles. The predicted molar refractivity (Wildman–Crippen MR) is 49.6 cm³/mol. The van der Waals surface area contributed by atoms with E-state index in [1.807, 2.05) is 0 Å². The van der Waals surface area contributed by atoms with E-state index in [0.29, 0.717) is 19.0 Å². The molecule has 84 valence electrons. The van der Waals surface area contributed by atoms with Crippen LogP contribution in [0.5, 0.6) is 0 Å². The summed E-state index contributed by atoms with van der Waals surface area (Å²) in [6.07, 6.45) is 0. The van der Waals surface area contributed by atoms with Gasteiger partial charge >= 0.3 is 5.97 Å². The molecule has 0 aliphatic carbocycles. The van der Waals surface area contributed by atoms with Crippen molar-refractivity contribution in [2.45, 2.75) is 13.5 Å². The van der Waals surface area contributed by atoms with Gasteiger partial charge in [0, 0.05) is 0 Å². The van der Waals surface area contributed by atoms with E-state index in [9.17, 15) is 4.79 Å². The molecule has 7 heteroatoms. The third-order valence-corrected chi connectivity index (χ3v) is 1.73. The third-order valence-electron chi connectivity index (χ3n) is 1.73. The van der Waals surface area contributed by atoms with Crippen molar-refractivity contribution in [3.05, 3.63) is 11.6 Å². The van der Waals surface area contributed by atoms with Crippen LogP contribution in [0.3, 0.4) is 0 Å². The second-order valence-corrected chi connectivity index (χ2v) is 2.85. The van der Waals surface area contributed by atoms with Crippen molar-refractivity contribution in [1.29, 1.82) is 0 Å². The van der Waals surface area contributed by atoms with Crippen molar-refractivity contribution in [2.75, 3.05) is 19.8 Å². The Balaban J connectivity index is 2.50. The molecule has 1 aromatic rings. The van der Waals surface area contributed by atoms with Gasteiger partial charge in [0.05, 0.1) is 26.4 Å². The fourth-order valence-electron chi connectivity index (χ4n) is 1.04. The minimum atomic E-state index is -1.15. The Kier molecular flexibility index (Phi) is 4.19. The molecule has 0 amide bonds. The van der Waals surface area contributed by atoms with Gasteiger partial charge in [0.15, 0.2) is 0 Å². The molecule has 1 aromatic heterocycles. The number of aromatic carboxylic acids is 1. The predicted octanol–water partition coefficient (Wildman–Crippen LogP) is -0.706. The summed E-state index contributed by atoms with van der Waals surface area (Å²) in [6.45, 7) is 2.69. The van der Waals surface area contributed by atoms with Gasteiger partial charge in [-0.15, -0.1) is 5.10 Å². The Morgan fingerprint density at radius 3 is 2.80 bits per heavy atom. The third kappa shape index (κ3) is 3.30. The SMILES string of the molecule is Cc1nc(C(=O)O)nn1CCOCCO. The Bertz CT molecular complexity index is 337. The van der Waals surface area contributed by atoms with Crippen molar-refractivity contribution in [3.63, 3.8) is 0 Å². The van der Waals surface area contributed by atoms with E-state index < -0.39 is 5.97 Å². The molecule has 7 nitrogen and oxygen atoms in total. The number of aliphatic hydroxyl groups is 1. The van der Waals surface area contributed by atoms with Crippen LogP contribution in [-0.4, -0.2) is 50.8 Å². The molecule has 0 radical (unpaired) electrons. The average molecular weight is 215 g/mol. The van der Waals surface area contributed by atoms with Crippen molar-refractivity contribution >= 4 is 5.97 Å². The Morgan fingerprint density at radius 2 is 2.27 bits per heavy atom. The van der Waals surface area contributed by atoms with E-state index in [-0.39, 0.29) is 19.0 Å². The highest BCUT2D eigenvalue weighted by atomic mass is 16.5. The van der Waals surface area contributed by atoms with Crippen LogP contribution >= 0.6 is 0 Å². The van der Waals surface area contributed by atoms with Gasteiger partial charge in [0.25, 0.3) is 5.82 Å². The molecule has 0 saturated carbocycles. The van der Waals surface area contributed by atoms with Crippen LogP contribution in [0.2, 0.25) is 0 Å². The number of rotatable bonds is 6. The van der Waals surface area contributed by atoms with Crippen LogP contribution in [0.15, 0.2) is 0 Å². The van der Waals surface area contributed by atoms with Crippen molar-refractivity contribution in [3.8, 4) is 0 Å². The first kappa shape index (κ1) is 11.6. The minimum Gasteiger partial charge on any atom is -0.475 e. The molecule has 0 atom stereocenters. The van der Waals surface area contributed by atoms with Gasteiger partial charge in [0.2, 0.25) is 0 Å². The lowest BCUT2D eigenvalue weighted by atomic mass is 10.6. The average Bonchev–Trinajstić information content (AvgIpc) is 2.55. The van der Waals surface area contributed by atoms with Gasteiger partial charge < -0.3 is 14.9 Å². The first-order valence-electron chi connectivity index (χ1n) is 4.48. The van der Waals surface area contributed by atoms with Crippen LogP contribution < -0.4 is 0 Å². The number of hydrogen-bond acceptors (Lipinski definition) is 5. The summed E-state index contributed by atoms with van der Waals surface area (Å²) < 4.78 is 6.48. The zero-order valence-electron chi connectivity index (χ0n) is 8.38. The summed E-state index contributed by atoms with van der Waals surface area (Å²) >= 11 is 0. The van der Waals surface area contributed by atoms with Crippen LogP contribution in [-0.2, 0) is 11.3 Å². The van der Waals surface area contributed by atoms with Crippen LogP contribution in [0.25, 0.3) is 0 Å². The Labute approximate surface area is 86.3 Å². The van der Waals surface area contributed by atoms with Gasteiger partial charge in [-0.05, 0) is 6.92 Å². The molecule has 0 aliphatic rings. The lowest BCUT2D eigenvalue weighted by molar-refractivity contribution is 0.0681. The number of aromatic nitrogens is 3. The molecular weight excluding hydrogens is 202 g/mol. The second kappa shape index (κ2) is 5.42. The molecule has 0 aliphatic heterocycles. The van der Waals surface area contributed by atoms with Crippen LogP contribution in [0.4, 0.5) is 0 Å². The number of carboxylic acids is 1. The summed E-state index contributed by atoms with van der Waals surface area (Å²) in [5, 5.41) is 20.9. The largest absolute Gasteiger partial charge is 0.475 e. The van der Waals surface area contributed by atoms with E-state index in [1.165, 1.54) is 4.68 Å². The molecule has 0 bridgehead atoms. The minimum absolute atomic E-state index is 0.0310. The number of carboxylic acid groups (broad SMARTS) is 1. The van der Waals surface area contributed by atoms with Crippen LogP contribution in [0, 0.1) is 6.92 Å². The highest BCUT2D eigenvalue weighted by Gasteiger charge is 2.11. The van der Waals surface area contributed by atoms with Crippen molar-refractivity contribution < 1.29 is 19.7 Å². The summed E-state index contributed by atoms with van der Waals surface area (Å²) in [5.41, 5.74) is 0. The molecule has 15 heavy (non-hydrogen) atoms. The fourth-order valence-corrected chi connectivity index (χ4v) is 1.04. The van der Waals surface area contributed by atoms with Gasteiger partial charge in [0.1, 0.15) is 5.82 Å². The Morgan fingerprint density at radius 1 is 1.53 bits per heavy atom. The fraction of sp³-hybridized carbons (Fsp3) is 0.625. The standard InChI is InChI=1S/C8H13N3O4/c1-6-9-7(8(13)14)10-11(6)2-4-15-5-3-12/h12H,2-5H2,1H3,(H,13,14). The molecule has 0 unspecified atom stereocenters. The van der Waals surface area contributed by atoms with Gasteiger partial charge in [-0.2, -0.15) is 0 Å². The molecular formula is C8H13N3O4. The maximum Gasteiger partial charge on any atom is 0.375 e. The van der Waals surface area contributed by atoms with Gasteiger partial charge in [-0.25, -0.2) is 14.5 Å². The van der Waals surface area contributed by atoms with E-state index in [1.54, 1.807) is 6.92 Å². The topological polar surface area (TPSA) is 97.5 Å². The summed E-state index contributed by atoms with van der Waals surface area (Å²) in [6, 6.07) is 0. The highest BCUT2D eigenvalue weighted by molar-refractivity contribution is 5.82. The number of aliphatic hydroxyl groups excluding tert-OH is 1. The van der Waals surface area contributed by atoms with E-state index in [0.717, 1.165) is 0 Å². The smallest absolute Gasteiger partial charge is 0.375 e. The molecule has 0 spiro atoms. The van der Waals surface area contributed by atoms with Gasteiger partial charge in [-0.3, -0.25) is 0 Å². The number of hydrogen-bond donors (Lipinski definition) is 2. The van der Waals surface area contributed by atoms with Gasteiger partial charge in [-0.1, -0.05) is 0 Å².